The van der Waals surface area contributed by atoms with Crippen molar-refractivity contribution in [1.82, 2.24) is 0 Å². The highest BCUT2D eigenvalue weighted by Gasteiger charge is 2.24. The summed E-state index contributed by atoms with van der Waals surface area (Å²) in [6.07, 6.45) is 2.19. The molecule has 0 aliphatic carbocycles. The average Bonchev–Trinajstić information content (AvgIpc) is 2.33. The Kier molecular flexibility index (Phi) is 5.51. The number of aliphatic hydroxyl groups is 1. The Bertz CT molecular complexity index is 374. The molecule has 1 rings (SSSR count). The van der Waals surface area contributed by atoms with Gasteiger partial charge < -0.3 is 9.84 Å². The predicted octanol–water partition coefficient (Wildman–Crippen LogP) is 2.96. The van der Waals surface area contributed by atoms with Crippen molar-refractivity contribution in [3.05, 3.63) is 35.4 Å². The number of hydrogen-bond donors (Lipinski definition) is 1. The Hall–Kier alpha value is -1.19. The van der Waals surface area contributed by atoms with E-state index < -0.39 is 5.60 Å². The van der Waals surface area contributed by atoms with Gasteiger partial charge in [0.15, 0.2) is 5.78 Å². The second kappa shape index (κ2) is 6.66. The first kappa shape index (κ1) is 14.9. The van der Waals surface area contributed by atoms with Crippen LogP contribution < -0.4 is 0 Å². The monoisotopic (exact) mass is 250 g/mol. The maximum atomic E-state index is 11.8. The molecule has 3 nitrogen and oxygen atoms in total. The topological polar surface area (TPSA) is 46.5 Å². The Balaban J connectivity index is 2.55. The second-order valence-corrected chi connectivity index (χ2v) is 4.99. The first-order chi connectivity index (χ1) is 8.45. The van der Waals surface area contributed by atoms with Gasteiger partial charge in [0, 0.05) is 12.2 Å². The van der Waals surface area contributed by atoms with Crippen LogP contribution >= 0.6 is 0 Å². The number of benzene rings is 1. The lowest BCUT2D eigenvalue weighted by atomic mass is 9.96. The van der Waals surface area contributed by atoms with E-state index in [1.54, 1.807) is 12.1 Å². The van der Waals surface area contributed by atoms with Gasteiger partial charge in [0.1, 0.15) is 5.60 Å². The molecule has 18 heavy (non-hydrogen) atoms. The van der Waals surface area contributed by atoms with Crippen molar-refractivity contribution in [1.29, 1.82) is 0 Å². The van der Waals surface area contributed by atoms with E-state index in [1.165, 1.54) is 13.8 Å². The van der Waals surface area contributed by atoms with Crippen LogP contribution in [-0.4, -0.2) is 23.1 Å². The van der Waals surface area contributed by atoms with Crippen LogP contribution in [0.3, 0.4) is 0 Å². The van der Waals surface area contributed by atoms with E-state index in [0.29, 0.717) is 12.2 Å². The normalized spacial score (nSPS) is 11.6. The van der Waals surface area contributed by atoms with Gasteiger partial charge in [-0.3, -0.25) is 4.79 Å². The summed E-state index contributed by atoms with van der Waals surface area (Å²) in [6.45, 7) is 6.45. The number of unbranched alkanes of at least 4 members (excludes halogenated alkanes) is 1. The highest BCUT2D eigenvalue weighted by atomic mass is 16.5. The standard InChI is InChI=1S/C15H22O3/c1-4-5-10-18-11-12-6-8-13(9-7-12)14(16)15(2,3)17/h6-9,17H,4-5,10-11H2,1-3H3. The fourth-order valence-corrected chi connectivity index (χ4v) is 1.54. The number of carbonyl (C=O) groups is 1. The first-order valence-electron chi connectivity index (χ1n) is 6.39. The molecule has 0 atom stereocenters. The van der Waals surface area contributed by atoms with Gasteiger partial charge in [0.05, 0.1) is 6.61 Å². The minimum atomic E-state index is -1.32. The van der Waals surface area contributed by atoms with Gasteiger partial charge in [-0.25, -0.2) is 0 Å². The third-order valence-electron chi connectivity index (χ3n) is 2.68. The van der Waals surface area contributed by atoms with Crippen LogP contribution in [0.1, 0.15) is 49.5 Å². The van der Waals surface area contributed by atoms with E-state index in [9.17, 15) is 9.90 Å². The number of Topliss-reactive ketones (excluding diaryl/α,β-unsaturated/α-hetero) is 1. The zero-order valence-corrected chi connectivity index (χ0v) is 11.4. The first-order valence-corrected chi connectivity index (χ1v) is 6.39. The molecule has 0 amide bonds. The van der Waals surface area contributed by atoms with Crippen molar-refractivity contribution in [3.8, 4) is 0 Å². The van der Waals surface area contributed by atoms with Gasteiger partial charge in [-0.2, -0.15) is 0 Å². The van der Waals surface area contributed by atoms with Crippen molar-refractivity contribution in [2.45, 2.75) is 45.8 Å². The van der Waals surface area contributed by atoms with E-state index in [0.717, 1.165) is 25.0 Å². The molecule has 1 N–H and O–H groups in total. The fourth-order valence-electron chi connectivity index (χ4n) is 1.54. The summed E-state index contributed by atoms with van der Waals surface area (Å²) >= 11 is 0. The molecule has 0 fully saturated rings. The zero-order valence-electron chi connectivity index (χ0n) is 11.4. The largest absolute Gasteiger partial charge is 0.382 e. The number of ketones is 1. The molecular formula is C15H22O3. The van der Waals surface area contributed by atoms with Crippen LogP contribution in [0.4, 0.5) is 0 Å². The molecule has 0 aliphatic rings. The predicted molar refractivity (Wildman–Crippen MR) is 71.6 cm³/mol. The maximum absolute atomic E-state index is 11.8. The number of hydrogen-bond acceptors (Lipinski definition) is 3. The smallest absolute Gasteiger partial charge is 0.193 e. The summed E-state index contributed by atoms with van der Waals surface area (Å²) < 4.78 is 5.49. The van der Waals surface area contributed by atoms with Crippen LogP contribution in [0.25, 0.3) is 0 Å². The van der Waals surface area contributed by atoms with Gasteiger partial charge in [0.2, 0.25) is 0 Å². The van der Waals surface area contributed by atoms with E-state index in [-0.39, 0.29) is 5.78 Å². The summed E-state index contributed by atoms with van der Waals surface area (Å²) in [5.74, 6) is -0.263. The second-order valence-electron chi connectivity index (χ2n) is 4.99. The van der Waals surface area contributed by atoms with Crippen molar-refractivity contribution in [2.75, 3.05) is 6.61 Å². The minimum Gasteiger partial charge on any atom is -0.382 e. The highest BCUT2D eigenvalue weighted by molar-refractivity contribution is 6.01. The van der Waals surface area contributed by atoms with Gasteiger partial charge in [0.25, 0.3) is 0 Å². The molecule has 0 spiro atoms. The molecule has 0 saturated carbocycles. The van der Waals surface area contributed by atoms with E-state index in [2.05, 4.69) is 6.92 Å². The quantitative estimate of drug-likeness (QED) is 0.598. The Labute approximate surface area is 109 Å². The number of ether oxygens (including phenoxy) is 1. The molecular weight excluding hydrogens is 228 g/mol. The third kappa shape index (κ3) is 4.59. The van der Waals surface area contributed by atoms with Gasteiger partial charge in [-0.15, -0.1) is 0 Å². The Morgan fingerprint density at radius 1 is 1.28 bits per heavy atom. The van der Waals surface area contributed by atoms with Crippen LogP contribution in [0.2, 0.25) is 0 Å². The maximum Gasteiger partial charge on any atom is 0.193 e. The number of carbonyl (C=O) groups excluding carboxylic acids is 1. The van der Waals surface area contributed by atoms with E-state index >= 15 is 0 Å². The summed E-state index contributed by atoms with van der Waals surface area (Å²) in [4.78, 5) is 11.8. The highest BCUT2D eigenvalue weighted by Crippen LogP contribution is 2.14. The third-order valence-corrected chi connectivity index (χ3v) is 2.68. The molecule has 3 heteroatoms. The summed E-state index contributed by atoms with van der Waals surface area (Å²) in [7, 11) is 0. The van der Waals surface area contributed by atoms with Gasteiger partial charge in [-0.05, 0) is 25.8 Å². The summed E-state index contributed by atoms with van der Waals surface area (Å²) in [5.41, 5.74) is 0.247. The van der Waals surface area contributed by atoms with E-state index in [1.807, 2.05) is 12.1 Å². The van der Waals surface area contributed by atoms with Crippen LogP contribution in [-0.2, 0) is 11.3 Å². The molecule has 1 aromatic rings. The molecule has 0 radical (unpaired) electrons. The zero-order chi connectivity index (χ0) is 13.6. The van der Waals surface area contributed by atoms with Crippen molar-refractivity contribution in [3.63, 3.8) is 0 Å². The van der Waals surface area contributed by atoms with Gasteiger partial charge in [-0.1, -0.05) is 37.6 Å². The molecule has 0 aromatic heterocycles. The minimum absolute atomic E-state index is 0.263. The lowest BCUT2D eigenvalue weighted by Gasteiger charge is -2.15. The van der Waals surface area contributed by atoms with E-state index in [4.69, 9.17) is 4.74 Å². The Morgan fingerprint density at radius 2 is 1.89 bits per heavy atom. The molecule has 0 bridgehead atoms. The van der Waals surface area contributed by atoms with Crippen molar-refractivity contribution in [2.24, 2.45) is 0 Å². The molecule has 0 heterocycles. The Morgan fingerprint density at radius 3 is 2.39 bits per heavy atom. The average molecular weight is 250 g/mol. The van der Waals surface area contributed by atoms with Crippen LogP contribution in [0.15, 0.2) is 24.3 Å². The molecule has 100 valence electrons. The molecule has 0 unspecified atom stereocenters. The fraction of sp³-hybridized carbons (Fsp3) is 0.533. The van der Waals surface area contributed by atoms with Crippen LogP contribution in [0.5, 0.6) is 0 Å². The summed E-state index contributed by atoms with van der Waals surface area (Å²) in [5, 5.41) is 9.64. The summed E-state index contributed by atoms with van der Waals surface area (Å²) in [6, 6.07) is 7.20. The lowest BCUT2D eigenvalue weighted by Crippen LogP contribution is -2.31. The number of rotatable bonds is 7. The molecule has 0 aliphatic heterocycles. The van der Waals surface area contributed by atoms with Crippen LogP contribution in [0, 0.1) is 0 Å². The molecule has 1 aromatic carbocycles. The molecule has 0 saturated heterocycles. The van der Waals surface area contributed by atoms with Crippen molar-refractivity contribution < 1.29 is 14.6 Å². The SMILES string of the molecule is CCCCOCc1ccc(C(=O)C(C)(C)O)cc1. The van der Waals surface area contributed by atoms with Gasteiger partial charge >= 0.3 is 0 Å². The lowest BCUT2D eigenvalue weighted by molar-refractivity contribution is 0.0488. The van der Waals surface area contributed by atoms with Crippen molar-refractivity contribution >= 4 is 5.78 Å².